The van der Waals surface area contributed by atoms with E-state index in [1.165, 1.54) is 0 Å². The van der Waals surface area contributed by atoms with Crippen LogP contribution < -0.4 is 0 Å². The molecule has 2 aromatic carbocycles. The van der Waals surface area contributed by atoms with E-state index >= 15 is 0 Å². The first-order chi connectivity index (χ1) is 11.3. The zero-order valence-corrected chi connectivity index (χ0v) is 12.7. The first-order valence-electron chi connectivity index (χ1n) is 7.85. The Morgan fingerprint density at radius 1 is 1.09 bits per heavy atom. The molecule has 1 aliphatic heterocycles. The maximum absolute atomic E-state index is 12.8. The summed E-state index contributed by atoms with van der Waals surface area (Å²) in [6.45, 7) is 1.77. The number of para-hydroxylation sites is 1. The zero-order chi connectivity index (χ0) is 15.6. The number of ether oxygens (including phenoxy) is 1. The third kappa shape index (κ3) is 2.73. The van der Waals surface area contributed by atoms with Gasteiger partial charge in [-0.2, -0.15) is 0 Å². The molecule has 1 N–H and O–H groups in total. The standard InChI is InChI=1S/C19H18N2O2/c22-19(17-12-15-8-4-5-9-16(15)20-17)21-10-11-23-18(13-21)14-6-2-1-3-7-14/h1-9,12,18,20H,10-11,13H2/t18-/m0/s1. The highest BCUT2D eigenvalue weighted by atomic mass is 16.5. The normalized spacial score (nSPS) is 18.3. The summed E-state index contributed by atoms with van der Waals surface area (Å²) in [6, 6.07) is 19.9. The molecule has 0 unspecified atom stereocenters. The Bertz CT molecular complexity index is 793. The number of aromatic nitrogens is 1. The van der Waals surface area contributed by atoms with Gasteiger partial charge in [0.15, 0.2) is 0 Å². The first-order valence-corrected chi connectivity index (χ1v) is 7.85. The van der Waals surface area contributed by atoms with Crippen LogP contribution in [-0.4, -0.2) is 35.5 Å². The SMILES string of the molecule is O=C(c1cc2ccccc2[nH]1)N1CCO[C@H](c2ccccc2)C1. The fourth-order valence-corrected chi connectivity index (χ4v) is 3.06. The van der Waals surface area contributed by atoms with Gasteiger partial charge in [-0.05, 0) is 17.7 Å². The number of carbonyl (C=O) groups is 1. The molecule has 0 saturated carbocycles. The Morgan fingerprint density at radius 2 is 1.87 bits per heavy atom. The van der Waals surface area contributed by atoms with Crippen molar-refractivity contribution >= 4 is 16.8 Å². The molecule has 1 aliphatic rings. The smallest absolute Gasteiger partial charge is 0.270 e. The van der Waals surface area contributed by atoms with E-state index in [4.69, 9.17) is 4.74 Å². The molecule has 23 heavy (non-hydrogen) atoms. The van der Waals surface area contributed by atoms with E-state index in [0.29, 0.717) is 25.4 Å². The van der Waals surface area contributed by atoms with Crippen molar-refractivity contribution in [1.82, 2.24) is 9.88 Å². The highest BCUT2D eigenvalue weighted by Crippen LogP contribution is 2.24. The summed E-state index contributed by atoms with van der Waals surface area (Å²) in [5, 5.41) is 1.06. The number of H-pyrrole nitrogens is 1. The second-order valence-corrected chi connectivity index (χ2v) is 5.79. The van der Waals surface area contributed by atoms with Crippen LogP contribution in [0.15, 0.2) is 60.7 Å². The number of amides is 1. The molecule has 4 heteroatoms. The van der Waals surface area contributed by atoms with Crippen LogP contribution in [0.1, 0.15) is 22.2 Å². The van der Waals surface area contributed by atoms with Crippen LogP contribution in [0, 0.1) is 0 Å². The fraction of sp³-hybridized carbons (Fsp3) is 0.211. The average molecular weight is 306 g/mol. The molecule has 1 fully saturated rings. The largest absolute Gasteiger partial charge is 0.370 e. The minimum Gasteiger partial charge on any atom is -0.370 e. The Labute approximate surface area is 134 Å². The summed E-state index contributed by atoms with van der Waals surface area (Å²) in [7, 11) is 0. The van der Waals surface area contributed by atoms with Crippen molar-refractivity contribution in [2.45, 2.75) is 6.10 Å². The number of hydrogen-bond acceptors (Lipinski definition) is 2. The molecule has 1 saturated heterocycles. The van der Waals surface area contributed by atoms with Crippen molar-refractivity contribution in [3.8, 4) is 0 Å². The van der Waals surface area contributed by atoms with E-state index in [1.807, 2.05) is 65.6 Å². The molecule has 2 heterocycles. The number of hydrogen-bond donors (Lipinski definition) is 1. The van der Waals surface area contributed by atoms with Crippen molar-refractivity contribution in [3.63, 3.8) is 0 Å². The van der Waals surface area contributed by atoms with E-state index in [9.17, 15) is 4.79 Å². The monoisotopic (exact) mass is 306 g/mol. The molecular weight excluding hydrogens is 288 g/mol. The van der Waals surface area contributed by atoms with Gasteiger partial charge in [0.2, 0.25) is 0 Å². The fourth-order valence-electron chi connectivity index (χ4n) is 3.06. The molecule has 0 spiro atoms. The lowest BCUT2D eigenvalue weighted by Crippen LogP contribution is -2.42. The summed E-state index contributed by atoms with van der Waals surface area (Å²) in [5.41, 5.74) is 2.74. The number of nitrogens with one attached hydrogen (secondary N) is 1. The molecule has 116 valence electrons. The van der Waals surface area contributed by atoms with E-state index in [1.54, 1.807) is 0 Å². The number of benzene rings is 2. The molecule has 1 atom stereocenters. The highest BCUT2D eigenvalue weighted by Gasteiger charge is 2.26. The third-order valence-electron chi connectivity index (χ3n) is 4.29. The van der Waals surface area contributed by atoms with Crippen LogP contribution in [0.25, 0.3) is 10.9 Å². The number of aromatic amines is 1. The van der Waals surface area contributed by atoms with Crippen molar-refractivity contribution in [2.75, 3.05) is 19.7 Å². The first kappa shape index (κ1) is 14.0. The predicted molar refractivity (Wildman–Crippen MR) is 89.3 cm³/mol. The van der Waals surface area contributed by atoms with Crippen LogP contribution in [-0.2, 0) is 4.74 Å². The van der Waals surface area contributed by atoms with Crippen molar-refractivity contribution < 1.29 is 9.53 Å². The van der Waals surface area contributed by atoms with E-state index in [-0.39, 0.29) is 12.0 Å². The highest BCUT2D eigenvalue weighted by molar-refractivity contribution is 5.98. The number of morpholine rings is 1. The number of carbonyl (C=O) groups excluding carboxylic acids is 1. The molecule has 4 rings (SSSR count). The summed E-state index contributed by atoms with van der Waals surface area (Å²) in [6.07, 6.45) is -0.0571. The van der Waals surface area contributed by atoms with Crippen LogP contribution in [0.2, 0.25) is 0 Å². The summed E-state index contributed by atoms with van der Waals surface area (Å²) in [4.78, 5) is 17.9. The quantitative estimate of drug-likeness (QED) is 0.789. The molecule has 0 radical (unpaired) electrons. The summed E-state index contributed by atoms with van der Waals surface area (Å²) >= 11 is 0. The third-order valence-corrected chi connectivity index (χ3v) is 4.29. The van der Waals surface area contributed by atoms with Crippen LogP contribution >= 0.6 is 0 Å². The number of nitrogens with zero attached hydrogens (tertiary/aromatic N) is 1. The van der Waals surface area contributed by atoms with Gasteiger partial charge < -0.3 is 14.6 Å². The second kappa shape index (κ2) is 5.89. The van der Waals surface area contributed by atoms with E-state index in [0.717, 1.165) is 16.5 Å². The van der Waals surface area contributed by atoms with Crippen molar-refractivity contribution in [1.29, 1.82) is 0 Å². The second-order valence-electron chi connectivity index (χ2n) is 5.79. The minimum atomic E-state index is -0.0571. The van der Waals surface area contributed by atoms with Gasteiger partial charge in [0.25, 0.3) is 5.91 Å². The molecule has 0 bridgehead atoms. The van der Waals surface area contributed by atoms with Gasteiger partial charge in [0, 0.05) is 17.4 Å². The van der Waals surface area contributed by atoms with Gasteiger partial charge in [-0.3, -0.25) is 4.79 Å². The van der Waals surface area contributed by atoms with Crippen LogP contribution in [0.5, 0.6) is 0 Å². The van der Waals surface area contributed by atoms with Crippen LogP contribution in [0.4, 0.5) is 0 Å². The summed E-state index contributed by atoms with van der Waals surface area (Å²) in [5.74, 6) is 0.0328. The average Bonchev–Trinajstić information content (AvgIpc) is 3.06. The maximum atomic E-state index is 12.8. The Kier molecular flexibility index (Phi) is 3.60. The maximum Gasteiger partial charge on any atom is 0.270 e. The lowest BCUT2D eigenvalue weighted by molar-refractivity contribution is -0.0229. The van der Waals surface area contributed by atoms with Crippen LogP contribution in [0.3, 0.4) is 0 Å². The van der Waals surface area contributed by atoms with Gasteiger partial charge in [0.1, 0.15) is 11.8 Å². The lowest BCUT2D eigenvalue weighted by atomic mass is 10.1. The predicted octanol–water partition coefficient (Wildman–Crippen LogP) is 3.38. The van der Waals surface area contributed by atoms with Gasteiger partial charge in [-0.25, -0.2) is 0 Å². The van der Waals surface area contributed by atoms with Gasteiger partial charge in [-0.1, -0.05) is 48.5 Å². The Hall–Kier alpha value is -2.59. The Morgan fingerprint density at radius 3 is 2.70 bits per heavy atom. The molecule has 4 nitrogen and oxygen atoms in total. The van der Waals surface area contributed by atoms with Gasteiger partial charge >= 0.3 is 0 Å². The van der Waals surface area contributed by atoms with E-state index in [2.05, 4.69) is 4.98 Å². The zero-order valence-electron chi connectivity index (χ0n) is 12.7. The van der Waals surface area contributed by atoms with Crippen molar-refractivity contribution in [3.05, 3.63) is 71.9 Å². The summed E-state index contributed by atoms with van der Waals surface area (Å²) < 4.78 is 5.84. The van der Waals surface area contributed by atoms with Gasteiger partial charge in [-0.15, -0.1) is 0 Å². The molecule has 0 aliphatic carbocycles. The molecular formula is C19H18N2O2. The topological polar surface area (TPSA) is 45.3 Å². The molecule has 1 amide bonds. The number of fused-ring (bicyclic) bond motifs is 1. The molecule has 1 aromatic heterocycles. The minimum absolute atomic E-state index is 0.0328. The Balaban J connectivity index is 1.56. The van der Waals surface area contributed by atoms with Crippen molar-refractivity contribution in [2.24, 2.45) is 0 Å². The number of rotatable bonds is 2. The van der Waals surface area contributed by atoms with Gasteiger partial charge in [0.05, 0.1) is 13.2 Å². The molecule has 3 aromatic rings. The van der Waals surface area contributed by atoms with E-state index < -0.39 is 0 Å². The lowest BCUT2D eigenvalue weighted by Gasteiger charge is -2.33.